The molecule has 0 spiro atoms. The Hall–Kier alpha value is -4.94. The van der Waals surface area contributed by atoms with Crippen molar-refractivity contribution in [2.45, 2.75) is 19.6 Å². The van der Waals surface area contributed by atoms with Crippen molar-refractivity contribution in [3.8, 4) is 33.8 Å². The Kier molecular flexibility index (Phi) is 7.46. The number of benzene rings is 1. The second kappa shape index (κ2) is 11.5. The summed E-state index contributed by atoms with van der Waals surface area (Å²) in [5.74, 6) is 0.201. The molecule has 5 heterocycles. The summed E-state index contributed by atoms with van der Waals surface area (Å²) in [6.45, 7) is 3.41. The van der Waals surface area contributed by atoms with E-state index in [0.29, 0.717) is 58.2 Å². The number of aromatic amines is 2. The molecule has 0 saturated carbocycles. The quantitative estimate of drug-likeness (QED) is 0.147. The highest BCUT2D eigenvalue weighted by atomic mass is 19.1. The zero-order valence-corrected chi connectivity index (χ0v) is 23.5. The van der Waals surface area contributed by atoms with Crippen molar-refractivity contribution in [2.75, 3.05) is 37.8 Å². The molecule has 12 heteroatoms. The number of anilines is 2. The smallest absolute Gasteiger partial charge is 0.181 e. The van der Waals surface area contributed by atoms with Crippen molar-refractivity contribution in [2.24, 2.45) is 0 Å². The molecule has 1 aromatic carbocycles. The minimum Gasteiger partial charge on any atom is -0.384 e. The Labute approximate surface area is 241 Å². The van der Waals surface area contributed by atoms with Crippen LogP contribution in [0.3, 0.4) is 0 Å². The van der Waals surface area contributed by atoms with Crippen LogP contribution < -0.4 is 10.6 Å². The topological polar surface area (TPSA) is 144 Å². The summed E-state index contributed by atoms with van der Waals surface area (Å²) in [5, 5.41) is 24.5. The van der Waals surface area contributed by atoms with Crippen LogP contribution in [-0.2, 0) is 0 Å². The molecule has 0 aliphatic carbocycles. The van der Waals surface area contributed by atoms with E-state index in [9.17, 15) is 9.50 Å². The van der Waals surface area contributed by atoms with Gasteiger partial charge in [0.1, 0.15) is 17.7 Å². The first kappa shape index (κ1) is 27.2. The van der Waals surface area contributed by atoms with Crippen LogP contribution in [0.1, 0.15) is 13.3 Å². The fourth-order valence-corrected chi connectivity index (χ4v) is 4.75. The predicted octanol–water partition coefficient (Wildman–Crippen LogP) is 4.88. The van der Waals surface area contributed by atoms with Gasteiger partial charge in [-0.25, -0.2) is 19.3 Å². The van der Waals surface area contributed by atoms with Crippen molar-refractivity contribution >= 4 is 33.6 Å². The lowest BCUT2D eigenvalue weighted by molar-refractivity contribution is 0.199. The van der Waals surface area contributed by atoms with Gasteiger partial charge in [0, 0.05) is 54.1 Å². The van der Waals surface area contributed by atoms with E-state index in [-0.39, 0.29) is 5.82 Å². The molecule has 0 bridgehead atoms. The fourth-order valence-electron chi connectivity index (χ4n) is 4.75. The van der Waals surface area contributed by atoms with Gasteiger partial charge in [0.25, 0.3) is 0 Å². The number of aromatic nitrogens is 7. The zero-order chi connectivity index (χ0) is 29.2. The van der Waals surface area contributed by atoms with Gasteiger partial charge in [-0.3, -0.25) is 10.1 Å². The minimum absolute atomic E-state index is 0.333. The predicted molar refractivity (Wildman–Crippen MR) is 162 cm³/mol. The number of halogens is 1. The van der Waals surface area contributed by atoms with Crippen molar-refractivity contribution < 1.29 is 9.50 Å². The number of pyridine rings is 3. The molecule has 0 radical (unpaired) electrons. The molecule has 5 N–H and O–H groups in total. The summed E-state index contributed by atoms with van der Waals surface area (Å²) in [6.07, 6.45) is 6.72. The highest BCUT2D eigenvalue weighted by Gasteiger charge is 2.17. The molecule has 6 aromatic rings. The van der Waals surface area contributed by atoms with Crippen molar-refractivity contribution in [1.29, 1.82) is 0 Å². The number of hydrogen-bond acceptors (Lipinski definition) is 9. The number of nitrogens with zero attached hydrogens (tertiary/aromatic N) is 6. The number of fused-ring (bicyclic) bond motifs is 2. The molecular formula is C30H31FN10O. The van der Waals surface area contributed by atoms with Gasteiger partial charge in [0.05, 0.1) is 22.8 Å². The first-order valence-corrected chi connectivity index (χ1v) is 13.7. The van der Waals surface area contributed by atoms with Gasteiger partial charge in [0.15, 0.2) is 17.1 Å². The summed E-state index contributed by atoms with van der Waals surface area (Å²) < 4.78 is 14.7. The SMILES string of the molecule is CCC(O)Nc1cncc(-c2cnc3n[nH]c(-c4nc5nccc(-c6cc(F)cc(NCCN(C)C)c6)c5[nH]4)c3c2)c1. The molecule has 0 saturated heterocycles. The van der Waals surface area contributed by atoms with Gasteiger partial charge in [-0.1, -0.05) is 6.92 Å². The molecule has 1 atom stereocenters. The normalized spacial score (nSPS) is 12.3. The van der Waals surface area contributed by atoms with Crippen molar-refractivity contribution in [1.82, 2.24) is 40.0 Å². The lowest BCUT2D eigenvalue weighted by Gasteiger charge is -2.13. The van der Waals surface area contributed by atoms with Gasteiger partial charge in [0.2, 0.25) is 0 Å². The fraction of sp³-hybridized carbons (Fsp3) is 0.233. The second-order valence-electron chi connectivity index (χ2n) is 10.3. The van der Waals surface area contributed by atoms with Gasteiger partial charge in [-0.05, 0) is 62.5 Å². The molecule has 214 valence electrons. The molecule has 42 heavy (non-hydrogen) atoms. The van der Waals surface area contributed by atoms with Crippen LogP contribution in [0.25, 0.3) is 56.0 Å². The van der Waals surface area contributed by atoms with Crippen LogP contribution in [0.2, 0.25) is 0 Å². The monoisotopic (exact) mass is 566 g/mol. The lowest BCUT2D eigenvalue weighted by atomic mass is 10.0. The first-order valence-electron chi connectivity index (χ1n) is 13.7. The summed E-state index contributed by atoms with van der Waals surface area (Å²) in [7, 11) is 3.99. The molecule has 6 rings (SSSR count). The second-order valence-corrected chi connectivity index (χ2v) is 10.3. The maximum Gasteiger partial charge on any atom is 0.181 e. The zero-order valence-electron chi connectivity index (χ0n) is 23.5. The maximum atomic E-state index is 14.7. The third-order valence-electron chi connectivity index (χ3n) is 6.93. The van der Waals surface area contributed by atoms with E-state index in [2.05, 4.69) is 45.7 Å². The van der Waals surface area contributed by atoms with Crippen LogP contribution in [-0.4, -0.2) is 78.5 Å². The van der Waals surface area contributed by atoms with Gasteiger partial charge >= 0.3 is 0 Å². The number of aliphatic hydroxyl groups is 1. The third-order valence-corrected chi connectivity index (χ3v) is 6.93. The van der Waals surface area contributed by atoms with Crippen LogP contribution in [0.5, 0.6) is 0 Å². The largest absolute Gasteiger partial charge is 0.384 e. The van der Waals surface area contributed by atoms with Crippen molar-refractivity contribution in [3.05, 3.63) is 67.0 Å². The Balaban J connectivity index is 1.36. The summed E-state index contributed by atoms with van der Waals surface area (Å²) in [5.41, 5.74) is 6.92. The molecule has 1 unspecified atom stereocenters. The highest BCUT2D eigenvalue weighted by molar-refractivity contribution is 5.96. The van der Waals surface area contributed by atoms with E-state index < -0.39 is 6.23 Å². The summed E-state index contributed by atoms with van der Waals surface area (Å²) in [6, 6.07) is 10.6. The lowest BCUT2D eigenvalue weighted by Crippen LogP contribution is -2.20. The number of likely N-dealkylation sites (N-methyl/N-ethyl adjacent to an activating group) is 1. The van der Waals surface area contributed by atoms with E-state index >= 15 is 0 Å². The van der Waals surface area contributed by atoms with E-state index in [1.165, 1.54) is 12.1 Å². The van der Waals surface area contributed by atoms with Crippen LogP contribution in [0.15, 0.2) is 61.2 Å². The molecule has 5 aromatic heterocycles. The van der Waals surface area contributed by atoms with Crippen LogP contribution >= 0.6 is 0 Å². The number of H-pyrrole nitrogens is 2. The van der Waals surface area contributed by atoms with E-state index in [1.54, 1.807) is 24.8 Å². The molecule has 11 nitrogen and oxygen atoms in total. The molecule has 0 fully saturated rings. The maximum absolute atomic E-state index is 14.7. The van der Waals surface area contributed by atoms with E-state index in [1.807, 2.05) is 45.3 Å². The average molecular weight is 567 g/mol. The number of aliphatic hydroxyl groups excluding tert-OH is 1. The number of nitrogens with one attached hydrogen (secondary N) is 4. The molecule has 0 aliphatic rings. The number of hydrogen-bond donors (Lipinski definition) is 5. The Morgan fingerprint density at radius 2 is 1.81 bits per heavy atom. The Morgan fingerprint density at radius 1 is 0.976 bits per heavy atom. The minimum atomic E-state index is -0.659. The van der Waals surface area contributed by atoms with Gasteiger partial charge in [-0.2, -0.15) is 5.10 Å². The Morgan fingerprint density at radius 3 is 2.64 bits per heavy atom. The third kappa shape index (κ3) is 5.62. The standard InChI is InChI=1S/C30H31FN10O/c1-4-25(42)36-22-11-18(14-32-16-22)19-12-24-27(39-40-28(24)35-15-19)30-37-26-23(5-6-34-29(26)38-30)17-9-20(31)13-21(10-17)33-7-8-41(2)3/h5-6,9-16,25,33,36,42H,4,7-8H2,1-3H3,(H,34,37,38)(H,35,39,40). The van der Waals surface area contributed by atoms with Crippen LogP contribution in [0.4, 0.5) is 15.8 Å². The highest BCUT2D eigenvalue weighted by Crippen LogP contribution is 2.33. The summed E-state index contributed by atoms with van der Waals surface area (Å²) in [4.78, 5) is 23.5. The molecule has 0 aliphatic heterocycles. The van der Waals surface area contributed by atoms with E-state index in [0.717, 1.165) is 28.6 Å². The Bertz CT molecular complexity index is 1860. The van der Waals surface area contributed by atoms with Gasteiger partial charge in [-0.15, -0.1) is 0 Å². The first-order chi connectivity index (χ1) is 20.4. The van der Waals surface area contributed by atoms with Gasteiger partial charge < -0.3 is 25.6 Å². The van der Waals surface area contributed by atoms with E-state index in [4.69, 9.17) is 4.98 Å². The summed E-state index contributed by atoms with van der Waals surface area (Å²) >= 11 is 0. The average Bonchev–Trinajstić information content (AvgIpc) is 3.60. The van der Waals surface area contributed by atoms with Crippen molar-refractivity contribution in [3.63, 3.8) is 0 Å². The van der Waals surface area contributed by atoms with Crippen LogP contribution in [0, 0.1) is 5.82 Å². The molecular weight excluding hydrogens is 535 g/mol. The number of rotatable bonds is 10. The number of imidazole rings is 1. The molecule has 0 amide bonds.